The highest BCUT2D eigenvalue weighted by molar-refractivity contribution is 7.89. The third-order valence-corrected chi connectivity index (χ3v) is 6.52. The molecule has 0 bridgehead atoms. The van der Waals surface area contributed by atoms with Crippen LogP contribution >= 0.6 is 0 Å². The number of ether oxygens (including phenoxy) is 2. The molecule has 0 saturated heterocycles. The third kappa shape index (κ3) is 6.11. The van der Waals surface area contributed by atoms with Crippen molar-refractivity contribution in [3.8, 4) is 17.2 Å². The Balaban J connectivity index is 1.21. The SMILES string of the molecule is O=C(CCNS(=O)(=O)c1ccc2c(c1)OCCCO2)NCCc1cnn(-c2ccccc2)c1. The molecule has 9 nitrogen and oxygen atoms in total. The maximum Gasteiger partial charge on any atom is 0.240 e. The quantitative estimate of drug-likeness (QED) is 0.495. The summed E-state index contributed by atoms with van der Waals surface area (Å²) in [5.74, 6) is 0.704. The van der Waals surface area contributed by atoms with E-state index in [1.54, 1.807) is 16.9 Å². The second-order valence-electron chi connectivity index (χ2n) is 7.54. The molecule has 3 aromatic rings. The fourth-order valence-electron chi connectivity index (χ4n) is 3.34. The molecule has 0 radical (unpaired) electrons. The van der Waals surface area contributed by atoms with Crippen LogP contribution in [-0.4, -0.2) is 50.4 Å². The summed E-state index contributed by atoms with van der Waals surface area (Å²) in [5.41, 5.74) is 1.96. The molecule has 2 N–H and O–H groups in total. The van der Waals surface area contributed by atoms with Crippen molar-refractivity contribution >= 4 is 15.9 Å². The number of hydrogen-bond donors (Lipinski definition) is 2. The summed E-state index contributed by atoms with van der Waals surface area (Å²) in [6.07, 6.45) is 5.08. The molecule has 0 aliphatic carbocycles. The van der Waals surface area contributed by atoms with E-state index in [1.165, 1.54) is 12.1 Å². The summed E-state index contributed by atoms with van der Waals surface area (Å²) in [7, 11) is -3.77. The van der Waals surface area contributed by atoms with E-state index in [0.717, 1.165) is 17.7 Å². The predicted molar refractivity (Wildman–Crippen MR) is 122 cm³/mol. The summed E-state index contributed by atoms with van der Waals surface area (Å²) >= 11 is 0. The second kappa shape index (κ2) is 10.5. The summed E-state index contributed by atoms with van der Waals surface area (Å²) in [5, 5.41) is 7.14. The van der Waals surface area contributed by atoms with Gasteiger partial charge in [0.1, 0.15) is 0 Å². The number of para-hydroxylation sites is 1. The zero-order valence-corrected chi connectivity index (χ0v) is 18.9. The third-order valence-electron chi connectivity index (χ3n) is 5.07. The van der Waals surface area contributed by atoms with Gasteiger partial charge in [-0.15, -0.1) is 0 Å². The van der Waals surface area contributed by atoms with Crippen molar-refractivity contribution in [3.63, 3.8) is 0 Å². The Bertz CT molecular complexity index is 1190. The fourth-order valence-corrected chi connectivity index (χ4v) is 4.39. The van der Waals surface area contributed by atoms with Crippen LogP contribution in [0.2, 0.25) is 0 Å². The molecule has 4 rings (SSSR count). The molecule has 1 aliphatic heterocycles. The summed E-state index contributed by atoms with van der Waals surface area (Å²) in [4.78, 5) is 12.2. The van der Waals surface area contributed by atoms with E-state index in [2.05, 4.69) is 15.1 Å². The first kappa shape index (κ1) is 22.8. The number of carbonyl (C=O) groups excluding carboxylic acids is 1. The number of rotatable bonds is 9. The van der Waals surface area contributed by atoms with Crippen molar-refractivity contribution in [3.05, 3.63) is 66.5 Å². The van der Waals surface area contributed by atoms with Crippen molar-refractivity contribution in [2.24, 2.45) is 0 Å². The minimum atomic E-state index is -3.77. The fraction of sp³-hybridized carbons (Fsp3) is 0.304. The molecule has 0 saturated carbocycles. The van der Waals surface area contributed by atoms with Gasteiger partial charge in [0.25, 0.3) is 0 Å². The molecule has 1 aliphatic rings. The lowest BCUT2D eigenvalue weighted by Crippen LogP contribution is -2.31. The molecule has 2 heterocycles. The van der Waals surface area contributed by atoms with E-state index in [9.17, 15) is 13.2 Å². The first-order valence-electron chi connectivity index (χ1n) is 10.8. The number of amides is 1. The number of sulfonamides is 1. The average molecular weight is 471 g/mol. The van der Waals surface area contributed by atoms with E-state index in [0.29, 0.717) is 37.7 Å². The lowest BCUT2D eigenvalue weighted by atomic mass is 10.2. The molecule has 1 amide bonds. The van der Waals surface area contributed by atoms with Crippen LogP contribution in [0, 0.1) is 0 Å². The molecule has 0 unspecified atom stereocenters. The van der Waals surface area contributed by atoms with Crippen LogP contribution in [0.25, 0.3) is 5.69 Å². The molecular weight excluding hydrogens is 444 g/mol. The molecule has 0 spiro atoms. The Morgan fingerprint density at radius 3 is 2.64 bits per heavy atom. The first-order chi connectivity index (χ1) is 16.0. The average Bonchev–Trinajstić information content (AvgIpc) is 3.16. The number of nitrogens with zero attached hydrogens (tertiary/aromatic N) is 2. The minimum Gasteiger partial charge on any atom is -0.490 e. The van der Waals surface area contributed by atoms with Gasteiger partial charge in [-0.05, 0) is 36.2 Å². The van der Waals surface area contributed by atoms with E-state index in [-0.39, 0.29) is 23.8 Å². The summed E-state index contributed by atoms with van der Waals surface area (Å²) in [6.45, 7) is 1.43. The largest absolute Gasteiger partial charge is 0.490 e. The number of benzene rings is 2. The maximum atomic E-state index is 12.6. The van der Waals surface area contributed by atoms with Crippen molar-refractivity contribution in [1.29, 1.82) is 0 Å². The van der Waals surface area contributed by atoms with Gasteiger partial charge in [-0.2, -0.15) is 5.10 Å². The number of hydrogen-bond acceptors (Lipinski definition) is 6. The van der Waals surface area contributed by atoms with Gasteiger partial charge in [0, 0.05) is 38.2 Å². The molecule has 2 aromatic carbocycles. The van der Waals surface area contributed by atoms with Crippen molar-refractivity contribution < 1.29 is 22.7 Å². The van der Waals surface area contributed by atoms with E-state index < -0.39 is 10.0 Å². The van der Waals surface area contributed by atoms with Crippen LogP contribution in [0.15, 0.2) is 65.8 Å². The monoisotopic (exact) mass is 470 g/mol. The zero-order valence-electron chi connectivity index (χ0n) is 18.1. The van der Waals surface area contributed by atoms with Crippen LogP contribution in [-0.2, 0) is 21.2 Å². The minimum absolute atomic E-state index is 0.00541. The number of aromatic nitrogens is 2. The van der Waals surface area contributed by atoms with Crippen molar-refractivity contribution in [1.82, 2.24) is 19.8 Å². The Hall–Kier alpha value is -3.37. The highest BCUT2D eigenvalue weighted by atomic mass is 32.2. The second-order valence-corrected chi connectivity index (χ2v) is 9.30. The van der Waals surface area contributed by atoms with Crippen molar-refractivity contribution in [2.75, 3.05) is 26.3 Å². The van der Waals surface area contributed by atoms with Gasteiger partial charge in [0.2, 0.25) is 15.9 Å². The first-order valence-corrected chi connectivity index (χ1v) is 12.2. The number of carbonyl (C=O) groups is 1. The summed E-state index contributed by atoms with van der Waals surface area (Å²) in [6, 6.07) is 14.3. The van der Waals surface area contributed by atoms with E-state index in [4.69, 9.17) is 9.47 Å². The van der Waals surface area contributed by atoms with E-state index >= 15 is 0 Å². The standard InChI is InChI=1S/C23H26N4O5S/c28-23(24-11-9-18-16-25-27(17-18)19-5-2-1-3-6-19)10-12-26-33(29,30)20-7-8-21-22(15-20)32-14-4-13-31-21/h1-3,5-8,15-17,26H,4,9-14H2,(H,24,28). The Morgan fingerprint density at radius 1 is 1.03 bits per heavy atom. The van der Waals surface area contributed by atoms with Gasteiger partial charge in [0.05, 0.1) is 30.0 Å². The van der Waals surface area contributed by atoms with Gasteiger partial charge in [-0.25, -0.2) is 17.8 Å². The molecular formula is C23H26N4O5S. The van der Waals surface area contributed by atoms with Gasteiger partial charge in [0.15, 0.2) is 11.5 Å². The normalized spacial score (nSPS) is 13.3. The van der Waals surface area contributed by atoms with Gasteiger partial charge in [-0.1, -0.05) is 18.2 Å². The Labute approximate surface area is 192 Å². The van der Waals surface area contributed by atoms with Crippen LogP contribution in [0.3, 0.4) is 0 Å². The Kier molecular flexibility index (Phi) is 7.26. The number of fused-ring (bicyclic) bond motifs is 1. The zero-order chi connectivity index (χ0) is 23.1. The number of nitrogens with one attached hydrogen (secondary N) is 2. The highest BCUT2D eigenvalue weighted by Crippen LogP contribution is 2.31. The van der Waals surface area contributed by atoms with Crippen LogP contribution < -0.4 is 19.5 Å². The summed E-state index contributed by atoms with van der Waals surface area (Å²) < 4.78 is 40.4. The van der Waals surface area contributed by atoms with Crippen LogP contribution in [0.1, 0.15) is 18.4 Å². The maximum absolute atomic E-state index is 12.6. The van der Waals surface area contributed by atoms with Crippen LogP contribution in [0.5, 0.6) is 11.5 Å². The lowest BCUT2D eigenvalue weighted by molar-refractivity contribution is -0.120. The molecule has 10 heteroatoms. The molecule has 174 valence electrons. The van der Waals surface area contributed by atoms with Gasteiger partial charge < -0.3 is 14.8 Å². The molecule has 0 fully saturated rings. The van der Waals surface area contributed by atoms with E-state index in [1.807, 2.05) is 36.5 Å². The van der Waals surface area contributed by atoms with Crippen molar-refractivity contribution in [2.45, 2.75) is 24.2 Å². The lowest BCUT2D eigenvalue weighted by Gasteiger charge is -2.11. The van der Waals surface area contributed by atoms with Gasteiger partial charge in [-0.3, -0.25) is 4.79 Å². The predicted octanol–water partition coefficient (Wildman–Crippen LogP) is 2.06. The smallest absolute Gasteiger partial charge is 0.240 e. The van der Waals surface area contributed by atoms with Gasteiger partial charge >= 0.3 is 0 Å². The molecule has 0 atom stereocenters. The topological polar surface area (TPSA) is 112 Å². The molecule has 1 aromatic heterocycles. The Morgan fingerprint density at radius 2 is 1.82 bits per heavy atom. The molecule has 33 heavy (non-hydrogen) atoms. The highest BCUT2D eigenvalue weighted by Gasteiger charge is 2.19. The van der Waals surface area contributed by atoms with Crippen LogP contribution in [0.4, 0.5) is 0 Å².